The van der Waals surface area contributed by atoms with Gasteiger partial charge in [0.05, 0.1) is 0 Å². The van der Waals surface area contributed by atoms with Crippen molar-refractivity contribution in [1.29, 1.82) is 0 Å². The zero-order valence-corrected chi connectivity index (χ0v) is 7.04. The van der Waals surface area contributed by atoms with Gasteiger partial charge in [0.15, 0.2) is 0 Å². The molecular formula is C7H7ClOS. The van der Waals surface area contributed by atoms with Crippen molar-refractivity contribution in [2.75, 3.05) is 0 Å². The molecule has 0 spiro atoms. The van der Waals surface area contributed by atoms with Crippen LogP contribution in [0.5, 0.6) is 0 Å². The molecule has 0 heterocycles. The Labute approximate surface area is 69.2 Å². The van der Waals surface area contributed by atoms with Gasteiger partial charge in [0.2, 0.25) is 0 Å². The highest BCUT2D eigenvalue weighted by molar-refractivity contribution is 7.93. The molecule has 1 N–H and O–H groups in total. The van der Waals surface area contributed by atoms with Crippen LogP contribution in [0.3, 0.4) is 0 Å². The van der Waals surface area contributed by atoms with E-state index in [-0.39, 0.29) is 0 Å². The summed E-state index contributed by atoms with van der Waals surface area (Å²) in [7, 11) is 0. The molecule has 0 saturated carbocycles. The minimum atomic E-state index is 0.694. The Morgan fingerprint density at radius 1 is 1.50 bits per heavy atom. The molecule has 1 nitrogen and oxygen atoms in total. The molecule has 10 heavy (non-hydrogen) atoms. The van der Waals surface area contributed by atoms with Crippen molar-refractivity contribution in [3.8, 4) is 0 Å². The van der Waals surface area contributed by atoms with Gasteiger partial charge in [-0.1, -0.05) is 17.7 Å². The van der Waals surface area contributed by atoms with Gasteiger partial charge in [-0.25, -0.2) is 0 Å². The highest BCUT2D eigenvalue weighted by Crippen LogP contribution is 2.24. The maximum atomic E-state index is 8.70. The summed E-state index contributed by atoms with van der Waals surface area (Å²) in [6, 6.07) is 5.44. The summed E-state index contributed by atoms with van der Waals surface area (Å²) < 4.78 is 8.70. The van der Waals surface area contributed by atoms with Crippen molar-refractivity contribution < 1.29 is 4.55 Å². The number of hydrogen-bond acceptors (Lipinski definition) is 2. The fourth-order valence-electron chi connectivity index (χ4n) is 0.687. The molecule has 1 aromatic carbocycles. The molecule has 1 rings (SSSR count). The Kier molecular flexibility index (Phi) is 2.60. The summed E-state index contributed by atoms with van der Waals surface area (Å²) in [5.41, 5.74) is 0.927. The van der Waals surface area contributed by atoms with Crippen molar-refractivity contribution in [3.63, 3.8) is 0 Å². The molecule has 54 valence electrons. The molecular weight excluding hydrogens is 168 g/mol. The van der Waals surface area contributed by atoms with Crippen LogP contribution in [-0.4, -0.2) is 4.55 Å². The molecule has 0 bridgehead atoms. The van der Waals surface area contributed by atoms with Crippen LogP contribution in [0.2, 0.25) is 5.02 Å². The second kappa shape index (κ2) is 3.28. The molecule has 1 aromatic rings. The van der Waals surface area contributed by atoms with Crippen molar-refractivity contribution >= 4 is 23.6 Å². The van der Waals surface area contributed by atoms with Crippen molar-refractivity contribution in [2.24, 2.45) is 0 Å². The topological polar surface area (TPSA) is 20.2 Å². The van der Waals surface area contributed by atoms with Gasteiger partial charge in [0.25, 0.3) is 0 Å². The van der Waals surface area contributed by atoms with Gasteiger partial charge < -0.3 is 4.55 Å². The van der Waals surface area contributed by atoms with Crippen LogP contribution in [0, 0.1) is 6.92 Å². The van der Waals surface area contributed by atoms with Gasteiger partial charge in [0.1, 0.15) is 0 Å². The van der Waals surface area contributed by atoms with E-state index >= 15 is 0 Å². The Morgan fingerprint density at radius 2 is 2.20 bits per heavy atom. The molecule has 0 atom stereocenters. The summed E-state index contributed by atoms with van der Waals surface area (Å²) in [4.78, 5) is 0.813. The lowest BCUT2D eigenvalue weighted by molar-refractivity contribution is 0.663. The monoisotopic (exact) mass is 174 g/mol. The normalized spacial score (nSPS) is 9.90. The Hall–Kier alpha value is -0.180. The number of halogens is 1. The van der Waals surface area contributed by atoms with E-state index in [1.807, 2.05) is 19.1 Å². The van der Waals surface area contributed by atoms with E-state index in [9.17, 15) is 0 Å². The van der Waals surface area contributed by atoms with Crippen molar-refractivity contribution in [1.82, 2.24) is 0 Å². The Balaban J connectivity index is 3.14. The lowest BCUT2D eigenvalue weighted by Crippen LogP contribution is -1.78. The SMILES string of the molecule is Cc1c(Cl)cccc1SO. The fourth-order valence-corrected chi connectivity index (χ4v) is 1.30. The van der Waals surface area contributed by atoms with E-state index in [0.29, 0.717) is 5.02 Å². The van der Waals surface area contributed by atoms with E-state index < -0.39 is 0 Å². The fraction of sp³-hybridized carbons (Fsp3) is 0.143. The quantitative estimate of drug-likeness (QED) is 0.660. The molecule has 0 aliphatic heterocycles. The van der Waals surface area contributed by atoms with Gasteiger partial charge in [0, 0.05) is 22.0 Å². The third kappa shape index (κ3) is 1.45. The number of hydrogen-bond donors (Lipinski definition) is 1. The molecule has 0 aromatic heterocycles. The first-order valence-electron chi connectivity index (χ1n) is 2.82. The predicted molar refractivity (Wildman–Crippen MR) is 44.7 cm³/mol. The minimum absolute atomic E-state index is 0.694. The summed E-state index contributed by atoms with van der Waals surface area (Å²) in [5, 5.41) is 0.694. The van der Waals surface area contributed by atoms with Gasteiger partial charge in [-0.05, 0) is 24.6 Å². The van der Waals surface area contributed by atoms with Gasteiger partial charge in [-0.2, -0.15) is 0 Å². The van der Waals surface area contributed by atoms with Crippen LogP contribution in [0.1, 0.15) is 5.56 Å². The number of benzene rings is 1. The average Bonchev–Trinajstić information content (AvgIpc) is 1.95. The van der Waals surface area contributed by atoms with Crippen LogP contribution < -0.4 is 0 Å². The van der Waals surface area contributed by atoms with Crippen molar-refractivity contribution in [2.45, 2.75) is 11.8 Å². The highest BCUT2D eigenvalue weighted by atomic mass is 35.5. The van der Waals surface area contributed by atoms with E-state index in [1.165, 1.54) is 0 Å². The second-order valence-electron chi connectivity index (χ2n) is 1.95. The summed E-state index contributed by atoms with van der Waals surface area (Å²) in [5.74, 6) is 0. The predicted octanol–water partition coefficient (Wildman–Crippen LogP) is 3.21. The van der Waals surface area contributed by atoms with Crippen LogP contribution in [0.4, 0.5) is 0 Å². The standard InChI is InChI=1S/C7H7ClOS/c1-5-6(8)3-2-4-7(5)10-9/h2-4,9H,1H3. The van der Waals surface area contributed by atoms with Crippen LogP contribution in [0.15, 0.2) is 23.1 Å². The van der Waals surface area contributed by atoms with Gasteiger partial charge in [-0.15, -0.1) is 0 Å². The third-order valence-electron chi connectivity index (χ3n) is 1.32. The highest BCUT2D eigenvalue weighted by Gasteiger charge is 1.99. The van der Waals surface area contributed by atoms with E-state index in [2.05, 4.69) is 0 Å². The molecule has 0 aliphatic carbocycles. The van der Waals surface area contributed by atoms with Crippen LogP contribution >= 0.6 is 23.6 Å². The number of rotatable bonds is 1. The molecule has 0 unspecified atom stereocenters. The summed E-state index contributed by atoms with van der Waals surface area (Å²) >= 11 is 6.49. The Bertz CT molecular complexity index is 237. The summed E-state index contributed by atoms with van der Waals surface area (Å²) in [6.07, 6.45) is 0. The zero-order valence-electron chi connectivity index (χ0n) is 5.47. The minimum Gasteiger partial charge on any atom is -0.325 e. The van der Waals surface area contributed by atoms with E-state index in [0.717, 1.165) is 22.5 Å². The summed E-state index contributed by atoms with van der Waals surface area (Å²) in [6.45, 7) is 1.88. The average molecular weight is 175 g/mol. The smallest absolute Gasteiger partial charge is 0.0447 e. The van der Waals surface area contributed by atoms with Crippen molar-refractivity contribution in [3.05, 3.63) is 28.8 Å². The van der Waals surface area contributed by atoms with E-state index in [4.69, 9.17) is 16.2 Å². The first kappa shape index (κ1) is 7.92. The second-order valence-corrected chi connectivity index (χ2v) is 2.98. The molecule has 0 radical (unpaired) electrons. The first-order chi connectivity index (χ1) is 4.75. The maximum absolute atomic E-state index is 8.70. The molecule has 0 saturated heterocycles. The van der Waals surface area contributed by atoms with Gasteiger partial charge >= 0.3 is 0 Å². The first-order valence-corrected chi connectivity index (χ1v) is 3.97. The Morgan fingerprint density at radius 3 is 2.70 bits per heavy atom. The molecule has 0 amide bonds. The lowest BCUT2D eigenvalue weighted by Gasteiger charge is -2.00. The van der Waals surface area contributed by atoms with E-state index in [1.54, 1.807) is 6.07 Å². The molecule has 0 fully saturated rings. The molecule has 3 heteroatoms. The van der Waals surface area contributed by atoms with Crippen LogP contribution in [0.25, 0.3) is 0 Å². The largest absolute Gasteiger partial charge is 0.325 e. The van der Waals surface area contributed by atoms with Gasteiger partial charge in [-0.3, -0.25) is 0 Å². The maximum Gasteiger partial charge on any atom is 0.0447 e. The van der Waals surface area contributed by atoms with Crippen LogP contribution in [-0.2, 0) is 0 Å². The third-order valence-corrected chi connectivity index (χ3v) is 2.36. The lowest BCUT2D eigenvalue weighted by atomic mass is 10.2. The zero-order chi connectivity index (χ0) is 7.56. The molecule has 0 aliphatic rings.